The Hall–Kier alpha value is -18.4. The van der Waals surface area contributed by atoms with Gasteiger partial charge in [-0.1, -0.05) is 413 Å². The normalized spacial score (nSPS) is 11.6. The Morgan fingerprint density at radius 3 is 0.635 bits per heavy atom. The molecule has 0 aliphatic rings. The van der Waals surface area contributed by atoms with Crippen LogP contribution in [0.5, 0.6) is 0 Å². The lowest BCUT2D eigenvalue weighted by atomic mass is 9.88. The van der Waals surface area contributed by atoms with E-state index in [1.165, 1.54) is 131 Å². The average Bonchev–Trinajstić information content (AvgIpc) is 0.739. The van der Waals surface area contributed by atoms with Gasteiger partial charge in [0.1, 0.15) is 0 Å². The highest BCUT2D eigenvalue weighted by Crippen LogP contribution is 2.50. The molecule has 0 saturated carbocycles. The molecule has 0 aliphatic heterocycles. The lowest BCUT2D eigenvalue weighted by molar-refractivity contribution is 1.33. The molecule has 6 aromatic heterocycles. The van der Waals surface area contributed by atoms with Crippen molar-refractivity contribution in [1.82, 2.24) is 29.9 Å². The molecule has 6 heterocycles. The summed E-state index contributed by atoms with van der Waals surface area (Å²) in [6, 6.07) is 161. The van der Waals surface area contributed by atoms with Gasteiger partial charge in [-0.15, -0.1) is 0 Å². The predicted octanol–water partition coefficient (Wildman–Crippen LogP) is 38.4. The summed E-state index contributed by atoms with van der Waals surface area (Å²) in [4.78, 5) is 33.5. The number of rotatable bonds is 12. The van der Waals surface area contributed by atoms with Gasteiger partial charge in [0.05, 0.1) is 67.3 Å². The summed E-state index contributed by atoms with van der Waals surface area (Å²) < 4.78 is 0. The van der Waals surface area contributed by atoms with E-state index in [0.717, 1.165) is 189 Å². The monoisotopic (exact) mass is 1890 g/mol. The molecular formula is C142H104N6. The van der Waals surface area contributed by atoms with Crippen LogP contribution in [0.15, 0.2) is 449 Å². The largest absolute Gasteiger partial charge is 0.245 e. The van der Waals surface area contributed by atoms with Crippen molar-refractivity contribution in [1.29, 1.82) is 0 Å². The molecule has 0 bridgehead atoms. The van der Waals surface area contributed by atoms with Crippen molar-refractivity contribution >= 4 is 130 Å². The summed E-state index contributed by atoms with van der Waals surface area (Å²) in [6.07, 6.45) is 0. The highest BCUT2D eigenvalue weighted by molar-refractivity contribution is 6.20. The molecule has 27 aromatic rings. The fourth-order valence-corrected chi connectivity index (χ4v) is 23.4. The zero-order valence-corrected chi connectivity index (χ0v) is 84.4. The van der Waals surface area contributed by atoms with E-state index in [2.05, 4.69) is 518 Å². The van der Waals surface area contributed by atoms with Crippen molar-refractivity contribution in [2.24, 2.45) is 0 Å². The third-order valence-corrected chi connectivity index (χ3v) is 30.4. The Bertz CT molecular complexity index is 9480. The van der Waals surface area contributed by atoms with E-state index in [9.17, 15) is 0 Å². The van der Waals surface area contributed by atoms with E-state index in [0.29, 0.717) is 0 Å². The standard InChI is InChI=1S/C50H40N2.2C46H32N2/c1-29-15-13-21-37-31(3)25-33(5)47(45(29)37)43-27-41(35-17-9-7-10-18-35)39-23-24-40-42(36-19-11-8-12-20-36)28-44(52-50(40)49(39)51-43)48-34(6)26-32(4)38-22-14-16-30(2)46(38)48;1-29-13-9-19-33-21-11-23-37(43(29)33)41-27-39(31-15-5-3-6-16-31)35-25-26-36-40(32-17-7-4-8-18-32)28-42(48-46(36)45(35)47-41)38-24-12-22-34-20-10-14-30(2)44(34)38;1-29-21-23-33-17-9-11-19-35(33)43(29)41-27-39(31-13-5-3-6-14-31)37-25-26-38-40(32-15-7-4-8-16-32)28-42(48-46(38)45(37)47-41)44-30(2)22-24-34-18-10-12-20-36(34)44/h7-28H,1-6H3;2*3-28H,1-2H3. The van der Waals surface area contributed by atoms with Gasteiger partial charge < -0.3 is 0 Å². The lowest BCUT2D eigenvalue weighted by Gasteiger charge is -2.19. The Morgan fingerprint density at radius 2 is 0.345 bits per heavy atom. The van der Waals surface area contributed by atoms with Crippen molar-refractivity contribution in [3.63, 3.8) is 0 Å². The first-order valence-electron chi connectivity index (χ1n) is 51.2. The van der Waals surface area contributed by atoms with Crippen LogP contribution in [0.3, 0.4) is 0 Å². The fraction of sp³-hybridized carbons (Fsp3) is 0.0704. The topological polar surface area (TPSA) is 77.3 Å². The first kappa shape index (κ1) is 90.9. The van der Waals surface area contributed by atoms with Crippen LogP contribution in [0.2, 0.25) is 0 Å². The molecule has 0 amide bonds. The Kier molecular flexibility index (Phi) is 23.2. The smallest absolute Gasteiger partial charge is 0.0978 e. The third-order valence-electron chi connectivity index (χ3n) is 30.4. The zero-order valence-electron chi connectivity index (χ0n) is 84.4. The quantitative estimate of drug-likeness (QED) is 0.113. The number of fused-ring (bicyclic) bond motifs is 15. The Balaban J connectivity index is 0.000000115. The van der Waals surface area contributed by atoms with E-state index >= 15 is 0 Å². The van der Waals surface area contributed by atoms with Crippen LogP contribution in [0.4, 0.5) is 0 Å². The zero-order chi connectivity index (χ0) is 100. The summed E-state index contributed by atoms with van der Waals surface area (Å²) in [5.74, 6) is 0. The molecule has 0 radical (unpaired) electrons. The lowest BCUT2D eigenvalue weighted by Crippen LogP contribution is -1.99. The van der Waals surface area contributed by atoms with E-state index in [4.69, 9.17) is 29.9 Å². The molecular weight excluding hydrogens is 1790 g/mol. The fourth-order valence-electron chi connectivity index (χ4n) is 23.4. The number of aromatic nitrogens is 6. The first-order valence-corrected chi connectivity index (χ1v) is 51.2. The summed E-state index contributed by atoms with van der Waals surface area (Å²) in [5.41, 5.74) is 44.4. The molecule has 0 spiro atoms. The number of aryl methyl sites for hydroxylation is 10. The molecule has 0 aliphatic carbocycles. The summed E-state index contributed by atoms with van der Waals surface area (Å²) in [7, 11) is 0. The van der Waals surface area contributed by atoms with Gasteiger partial charge in [0.15, 0.2) is 0 Å². The summed E-state index contributed by atoms with van der Waals surface area (Å²) in [5, 5.41) is 21.3. The molecule has 0 N–H and O–H groups in total. The average molecular weight is 1890 g/mol. The van der Waals surface area contributed by atoms with Crippen molar-refractivity contribution in [3.05, 3.63) is 505 Å². The van der Waals surface area contributed by atoms with Crippen LogP contribution in [0.25, 0.3) is 264 Å². The maximum Gasteiger partial charge on any atom is 0.0978 e. The van der Waals surface area contributed by atoms with Gasteiger partial charge in [0.25, 0.3) is 0 Å². The van der Waals surface area contributed by atoms with Gasteiger partial charge in [-0.05, 0) is 293 Å². The molecule has 148 heavy (non-hydrogen) atoms. The first-order chi connectivity index (χ1) is 72.6. The van der Waals surface area contributed by atoms with E-state index in [1.807, 2.05) is 0 Å². The SMILES string of the molecule is Cc1cc(C)c2cccc(C)c2c1-c1cc(-c2ccccc2)c2ccc3c(-c4ccccc4)cc(-c4c(C)cc(C)c5cccc(C)c45)nc3c2n1.Cc1ccc2ccccc2c1-c1cc(-c2ccccc2)c2ccc3c(-c4ccccc4)cc(-c4c(C)ccc5ccccc45)nc3c2n1.Cc1cccc2cccc(-c3cc(-c4ccccc4)c4ccc5c(-c6ccccc6)cc(-c6cccc7cccc(C)c67)nc5c4n3)c12. The van der Waals surface area contributed by atoms with Gasteiger partial charge in [-0.25, -0.2) is 29.9 Å². The number of hydrogen-bond acceptors (Lipinski definition) is 6. The van der Waals surface area contributed by atoms with E-state index in [-0.39, 0.29) is 0 Å². The van der Waals surface area contributed by atoms with Gasteiger partial charge in [0.2, 0.25) is 0 Å². The summed E-state index contributed by atoms with van der Waals surface area (Å²) in [6.45, 7) is 22.1. The third kappa shape index (κ3) is 16.1. The van der Waals surface area contributed by atoms with Crippen molar-refractivity contribution in [2.75, 3.05) is 0 Å². The maximum absolute atomic E-state index is 5.67. The number of nitrogens with zero attached hydrogens (tertiary/aromatic N) is 6. The molecule has 21 aromatic carbocycles. The number of benzene rings is 21. The van der Waals surface area contributed by atoms with E-state index < -0.39 is 0 Å². The molecule has 0 saturated heterocycles. The highest BCUT2D eigenvalue weighted by Gasteiger charge is 2.28. The maximum atomic E-state index is 5.67. The molecule has 6 nitrogen and oxygen atoms in total. The van der Waals surface area contributed by atoms with Gasteiger partial charge in [-0.2, -0.15) is 0 Å². The minimum absolute atomic E-state index is 0.908. The van der Waals surface area contributed by atoms with Crippen LogP contribution < -0.4 is 0 Å². The van der Waals surface area contributed by atoms with Gasteiger partial charge >= 0.3 is 0 Å². The van der Waals surface area contributed by atoms with Crippen LogP contribution in [0.1, 0.15) is 55.6 Å². The minimum atomic E-state index is 0.908. The number of pyridine rings is 6. The van der Waals surface area contributed by atoms with Crippen LogP contribution in [-0.2, 0) is 0 Å². The Labute approximate surface area is 861 Å². The minimum Gasteiger partial charge on any atom is -0.245 e. The molecule has 6 heteroatoms. The van der Waals surface area contributed by atoms with Gasteiger partial charge in [0, 0.05) is 65.7 Å². The van der Waals surface area contributed by atoms with Crippen LogP contribution in [0, 0.1) is 69.2 Å². The van der Waals surface area contributed by atoms with Gasteiger partial charge in [-0.3, -0.25) is 0 Å². The highest BCUT2D eigenvalue weighted by atomic mass is 14.8. The van der Waals surface area contributed by atoms with Crippen LogP contribution in [-0.4, -0.2) is 29.9 Å². The molecule has 0 fully saturated rings. The van der Waals surface area contributed by atoms with E-state index in [1.54, 1.807) is 0 Å². The Morgan fingerprint density at radius 1 is 0.122 bits per heavy atom. The number of hydrogen-bond donors (Lipinski definition) is 0. The molecule has 0 atom stereocenters. The van der Waals surface area contributed by atoms with Crippen LogP contribution >= 0.6 is 0 Å². The summed E-state index contributed by atoms with van der Waals surface area (Å²) >= 11 is 0. The molecule has 702 valence electrons. The second-order valence-corrected chi connectivity index (χ2v) is 39.8. The second kappa shape index (κ2) is 37.7. The van der Waals surface area contributed by atoms with Crippen molar-refractivity contribution in [2.45, 2.75) is 69.2 Å². The van der Waals surface area contributed by atoms with Crippen molar-refractivity contribution in [3.8, 4) is 134 Å². The predicted molar refractivity (Wildman–Crippen MR) is 629 cm³/mol. The molecule has 0 unspecified atom stereocenters. The second-order valence-electron chi connectivity index (χ2n) is 39.8. The van der Waals surface area contributed by atoms with Crippen molar-refractivity contribution < 1.29 is 0 Å². The molecule has 27 rings (SSSR count).